The normalized spacial score (nSPS) is 17.6. The summed E-state index contributed by atoms with van der Waals surface area (Å²) in [6.07, 6.45) is 1.12. The van der Waals surface area contributed by atoms with Gasteiger partial charge in [0.15, 0.2) is 0 Å². The Hall–Kier alpha value is -3.13. The molecule has 2 aromatic carbocycles. The lowest BCUT2D eigenvalue weighted by molar-refractivity contribution is -0.175. The Labute approximate surface area is 212 Å². The molecule has 0 spiro atoms. The van der Waals surface area contributed by atoms with Gasteiger partial charge in [0.2, 0.25) is 0 Å². The summed E-state index contributed by atoms with van der Waals surface area (Å²) < 4.78 is 29.0. The number of carbonyl (C=O) groups is 3. The third-order valence-electron chi connectivity index (χ3n) is 5.93. The van der Waals surface area contributed by atoms with Gasteiger partial charge in [0, 0.05) is 0 Å². The monoisotopic (exact) mass is 515 g/mol. The molecule has 192 valence electrons. The first-order valence-electron chi connectivity index (χ1n) is 12.0. The third-order valence-corrected chi connectivity index (χ3v) is 6.93. The van der Waals surface area contributed by atoms with Gasteiger partial charge in [0.05, 0.1) is 13.2 Å². The van der Waals surface area contributed by atoms with Crippen molar-refractivity contribution in [3.05, 3.63) is 71.8 Å². The third kappa shape index (κ3) is 7.43. The summed E-state index contributed by atoms with van der Waals surface area (Å²) in [5.74, 6) is -1.87. The van der Waals surface area contributed by atoms with Crippen LogP contribution in [0.4, 0.5) is 4.79 Å². The maximum atomic E-state index is 13.5. The van der Waals surface area contributed by atoms with E-state index in [-0.39, 0.29) is 19.6 Å². The van der Waals surface area contributed by atoms with Crippen LogP contribution < -0.4 is 10.6 Å². The molecule has 9 nitrogen and oxygen atoms in total. The van der Waals surface area contributed by atoms with E-state index in [4.69, 9.17) is 14.2 Å². The number of hydrogen-bond acceptors (Lipinski definition) is 8. The van der Waals surface area contributed by atoms with Crippen molar-refractivity contribution >= 4 is 26.5 Å². The molecule has 0 radical (unpaired) electrons. The average molecular weight is 516 g/mol. The van der Waals surface area contributed by atoms with E-state index >= 15 is 0 Å². The van der Waals surface area contributed by atoms with Crippen LogP contribution in [0, 0.1) is 0 Å². The molecule has 0 bridgehead atoms. The molecular weight excluding hydrogens is 483 g/mol. The van der Waals surface area contributed by atoms with Crippen molar-refractivity contribution in [2.75, 3.05) is 13.2 Å². The Morgan fingerprint density at radius 2 is 1.75 bits per heavy atom. The number of alkyl carbamates (subject to hydrolysis) is 1. The van der Waals surface area contributed by atoms with E-state index in [0.717, 1.165) is 17.5 Å². The lowest BCUT2D eigenvalue weighted by Crippen LogP contribution is -2.57. The smallest absolute Gasteiger partial charge is 0.407 e. The summed E-state index contributed by atoms with van der Waals surface area (Å²) in [7, 11) is -1.38. The molecule has 1 aliphatic rings. The van der Waals surface area contributed by atoms with Crippen LogP contribution in [0.2, 0.25) is 0 Å². The SMILES string of the molecule is CCOC(=O)NC(CCc1ccccc1)C(OCc1ccccc1)([PH+]=O)C(=O)OC(=O)[C@@H]1CCCN1. The van der Waals surface area contributed by atoms with E-state index in [1.807, 2.05) is 36.4 Å². The Morgan fingerprint density at radius 1 is 1.08 bits per heavy atom. The van der Waals surface area contributed by atoms with Gasteiger partial charge in [-0.2, -0.15) is 0 Å². The molecule has 2 aromatic rings. The molecule has 3 rings (SSSR count). The van der Waals surface area contributed by atoms with E-state index in [2.05, 4.69) is 10.6 Å². The van der Waals surface area contributed by atoms with Crippen molar-refractivity contribution < 1.29 is 33.2 Å². The van der Waals surface area contributed by atoms with Gasteiger partial charge in [-0.15, -0.1) is 0 Å². The second-order valence-electron chi connectivity index (χ2n) is 8.41. The highest BCUT2D eigenvalue weighted by atomic mass is 31.1. The van der Waals surface area contributed by atoms with Gasteiger partial charge in [0.25, 0.3) is 0 Å². The predicted molar refractivity (Wildman–Crippen MR) is 134 cm³/mol. The van der Waals surface area contributed by atoms with Crippen LogP contribution in [0.5, 0.6) is 0 Å². The summed E-state index contributed by atoms with van der Waals surface area (Å²) in [5, 5.41) is 3.48. The van der Waals surface area contributed by atoms with Crippen molar-refractivity contribution in [3.63, 3.8) is 0 Å². The van der Waals surface area contributed by atoms with Gasteiger partial charge < -0.3 is 24.8 Å². The van der Waals surface area contributed by atoms with Gasteiger partial charge in [-0.05, 0) is 50.3 Å². The van der Waals surface area contributed by atoms with Crippen LogP contribution in [0.3, 0.4) is 0 Å². The molecular formula is C26H32N2O7P+. The van der Waals surface area contributed by atoms with Crippen LogP contribution in [0.15, 0.2) is 60.7 Å². The first-order chi connectivity index (χ1) is 17.5. The second-order valence-corrected chi connectivity index (χ2v) is 9.36. The van der Waals surface area contributed by atoms with Crippen molar-refractivity contribution in [3.8, 4) is 0 Å². The average Bonchev–Trinajstić information content (AvgIpc) is 3.44. The Balaban J connectivity index is 1.91. The number of nitrogens with one attached hydrogen (secondary N) is 2. The number of rotatable bonds is 12. The fraction of sp³-hybridized carbons (Fsp3) is 0.423. The second kappa shape index (κ2) is 13.8. The molecule has 4 atom stereocenters. The van der Waals surface area contributed by atoms with Crippen LogP contribution in [0.25, 0.3) is 0 Å². The van der Waals surface area contributed by atoms with E-state index in [1.54, 1.807) is 31.2 Å². The zero-order chi connectivity index (χ0) is 25.8. The summed E-state index contributed by atoms with van der Waals surface area (Å²) in [6, 6.07) is 16.7. The summed E-state index contributed by atoms with van der Waals surface area (Å²) in [4.78, 5) is 38.6. The number of ether oxygens (including phenoxy) is 3. The minimum atomic E-state index is -2.13. The molecule has 1 amide bonds. The van der Waals surface area contributed by atoms with Crippen molar-refractivity contribution in [1.82, 2.24) is 10.6 Å². The topological polar surface area (TPSA) is 120 Å². The molecule has 1 aliphatic heterocycles. The molecule has 0 saturated carbocycles. The van der Waals surface area contributed by atoms with E-state index in [9.17, 15) is 18.9 Å². The highest BCUT2D eigenvalue weighted by Gasteiger charge is 2.59. The maximum Gasteiger partial charge on any atom is 0.407 e. The minimum absolute atomic E-state index is 0.0899. The molecule has 36 heavy (non-hydrogen) atoms. The number of benzene rings is 2. The van der Waals surface area contributed by atoms with Crippen molar-refractivity contribution in [2.24, 2.45) is 0 Å². The van der Waals surface area contributed by atoms with Crippen molar-refractivity contribution in [2.45, 2.75) is 56.6 Å². The molecule has 2 N–H and O–H groups in total. The maximum absolute atomic E-state index is 13.5. The quantitative estimate of drug-likeness (QED) is 0.250. The standard InChI is InChI=1S/C26H31N2O7P/c1-2-33-25(31)28-22(16-15-19-10-5-3-6-11-19)26(36-32,34-18-20-12-7-4-8-13-20)24(30)35-23(29)21-14-9-17-27-21/h3-8,10-13,21-22,27H,2,9,14-18H2,1H3,(H,28,31)/p+1/t21-,22?,26?/m0/s1. The fourth-order valence-electron chi connectivity index (χ4n) is 3.99. The largest absolute Gasteiger partial charge is 0.450 e. The Morgan fingerprint density at radius 3 is 2.33 bits per heavy atom. The lowest BCUT2D eigenvalue weighted by Gasteiger charge is -2.29. The van der Waals surface area contributed by atoms with Gasteiger partial charge in [-0.25, -0.2) is 14.4 Å². The summed E-state index contributed by atoms with van der Waals surface area (Å²) >= 11 is 0. The van der Waals surface area contributed by atoms with E-state index in [1.165, 1.54) is 0 Å². The zero-order valence-corrected chi connectivity index (χ0v) is 21.2. The van der Waals surface area contributed by atoms with Crippen molar-refractivity contribution in [1.29, 1.82) is 0 Å². The van der Waals surface area contributed by atoms with Gasteiger partial charge >= 0.3 is 31.8 Å². The lowest BCUT2D eigenvalue weighted by atomic mass is 10.00. The van der Waals surface area contributed by atoms with Gasteiger partial charge in [-0.1, -0.05) is 65.2 Å². The highest BCUT2D eigenvalue weighted by Crippen LogP contribution is 2.35. The molecule has 1 heterocycles. The Bertz CT molecular complexity index is 1020. The fourth-order valence-corrected chi connectivity index (χ4v) is 4.61. The first-order valence-corrected chi connectivity index (χ1v) is 12.9. The van der Waals surface area contributed by atoms with E-state index < -0.39 is 43.9 Å². The highest BCUT2D eigenvalue weighted by molar-refractivity contribution is 7.27. The molecule has 1 fully saturated rings. The minimum Gasteiger partial charge on any atom is -0.450 e. The van der Waals surface area contributed by atoms with Crippen LogP contribution in [0.1, 0.15) is 37.3 Å². The Kier molecular flexibility index (Phi) is 10.5. The molecule has 1 saturated heterocycles. The molecule has 0 aliphatic carbocycles. The van der Waals surface area contributed by atoms with Crippen LogP contribution in [-0.2, 0) is 41.4 Å². The number of hydrogen-bond donors (Lipinski definition) is 2. The molecule has 3 unspecified atom stereocenters. The molecule has 0 aromatic heterocycles. The first kappa shape index (κ1) is 27.5. The van der Waals surface area contributed by atoms with Crippen LogP contribution >= 0.6 is 8.46 Å². The number of carbonyl (C=O) groups excluding carboxylic acids is 3. The van der Waals surface area contributed by atoms with E-state index in [0.29, 0.717) is 19.4 Å². The predicted octanol–water partition coefficient (Wildman–Crippen LogP) is 3.49. The molecule has 10 heteroatoms. The summed E-state index contributed by atoms with van der Waals surface area (Å²) in [6.45, 7) is 2.30. The van der Waals surface area contributed by atoms with Gasteiger partial charge in [0.1, 0.15) is 12.1 Å². The number of esters is 2. The van der Waals surface area contributed by atoms with Crippen LogP contribution in [-0.4, -0.2) is 48.6 Å². The number of amides is 1. The summed E-state index contributed by atoms with van der Waals surface area (Å²) in [5.41, 5.74) is 1.66. The van der Waals surface area contributed by atoms with Gasteiger partial charge in [-0.3, -0.25) is 0 Å². The number of aryl methyl sites for hydroxylation is 1. The zero-order valence-electron chi connectivity index (χ0n) is 20.2.